The maximum absolute atomic E-state index is 15.8. The van der Waals surface area contributed by atoms with Gasteiger partial charge in [0.1, 0.15) is 17.2 Å². The second-order valence-electron chi connectivity index (χ2n) is 10.5. The number of nitrogen functional groups attached to an aromatic ring is 2. The third-order valence-electron chi connectivity index (χ3n) is 7.73. The average Bonchev–Trinajstić information content (AvgIpc) is 3.02. The van der Waals surface area contributed by atoms with Crippen molar-refractivity contribution in [2.24, 2.45) is 0 Å². The molecule has 1 saturated carbocycles. The van der Waals surface area contributed by atoms with Crippen LogP contribution in [0.15, 0.2) is 35.4 Å². The molecule has 0 saturated heterocycles. The molecular weight excluding hydrogens is 585 g/mol. The third kappa shape index (κ3) is 6.26. The third-order valence-corrected chi connectivity index (χ3v) is 7.73. The van der Waals surface area contributed by atoms with Crippen LogP contribution in [0.5, 0.6) is 23.0 Å². The molecule has 2 aromatic heterocycles. The lowest BCUT2D eigenvalue weighted by Gasteiger charge is -2.27. The molecule has 4 aromatic rings. The van der Waals surface area contributed by atoms with Gasteiger partial charge < -0.3 is 40.1 Å². The Morgan fingerprint density at radius 1 is 1.04 bits per heavy atom. The number of fused-ring (bicyclic) bond motifs is 1. The van der Waals surface area contributed by atoms with Crippen molar-refractivity contribution >= 4 is 28.8 Å². The first-order valence-corrected chi connectivity index (χ1v) is 14.1. The zero-order valence-electron chi connectivity index (χ0n) is 25.0. The minimum Gasteiger partial charge on any atom is -0.493 e. The number of rotatable bonds is 7. The van der Waals surface area contributed by atoms with Crippen molar-refractivity contribution in [2.75, 3.05) is 32.8 Å². The zero-order chi connectivity index (χ0) is 32.2. The van der Waals surface area contributed by atoms with Crippen molar-refractivity contribution in [1.82, 2.24) is 14.5 Å². The zero-order valence-corrected chi connectivity index (χ0v) is 25.0. The number of pyridine rings is 1. The summed E-state index contributed by atoms with van der Waals surface area (Å²) < 4.78 is 39.2. The number of nitrogens with two attached hydrogens (primary N) is 2. The largest absolute Gasteiger partial charge is 0.511 e. The fourth-order valence-electron chi connectivity index (χ4n) is 5.69. The van der Waals surface area contributed by atoms with E-state index >= 15 is 4.39 Å². The number of ether oxygens (including phenoxy) is 4. The van der Waals surface area contributed by atoms with Gasteiger partial charge in [0.05, 0.1) is 44.0 Å². The molecule has 0 aliphatic heterocycles. The highest BCUT2D eigenvalue weighted by atomic mass is 19.1. The van der Waals surface area contributed by atoms with Gasteiger partial charge in [0.25, 0.3) is 0 Å². The number of benzene rings is 2. The van der Waals surface area contributed by atoms with Gasteiger partial charge in [-0.2, -0.15) is 4.98 Å². The number of carboxylic acid groups (broad SMARTS) is 1. The Bertz CT molecular complexity index is 1910. The number of halogens is 1. The van der Waals surface area contributed by atoms with Gasteiger partial charge in [-0.25, -0.2) is 14.2 Å². The summed E-state index contributed by atoms with van der Waals surface area (Å²) in [5, 5.41) is 9.15. The Morgan fingerprint density at radius 3 is 2.42 bits per heavy atom. The van der Waals surface area contributed by atoms with Crippen LogP contribution >= 0.6 is 0 Å². The fraction of sp³-hybridized carbons (Fsp3) is 0.312. The molecule has 13 heteroatoms. The minimum atomic E-state index is -1.64. The topological polar surface area (TPSA) is 174 Å². The summed E-state index contributed by atoms with van der Waals surface area (Å²) in [6.45, 7) is 0. The second kappa shape index (κ2) is 13.0. The molecule has 1 fully saturated rings. The van der Waals surface area contributed by atoms with Gasteiger partial charge in [-0.15, -0.1) is 0 Å². The van der Waals surface area contributed by atoms with E-state index in [1.807, 2.05) is 0 Å². The van der Waals surface area contributed by atoms with Gasteiger partial charge in [0, 0.05) is 24.2 Å². The molecule has 1 aliphatic rings. The number of aromatic nitrogens is 3. The first-order chi connectivity index (χ1) is 21.6. The highest BCUT2D eigenvalue weighted by Crippen LogP contribution is 2.38. The van der Waals surface area contributed by atoms with E-state index in [-0.39, 0.29) is 34.5 Å². The van der Waals surface area contributed by atoms with E-state index in [2.05, 4.69) is 21.8 Å². The molecule has 0 bridgehead atoms. The van der Waals surface area contributed by atoms with Crippen LogP contribution in [0, 0.1) is 17.7 Å². The summed E-state index contributed by atoms with van der Waals surface area (Å²) >= 11 is 0. The number of anilines is 2. The van der Waals surface area contributed by atoms with Gasteiger partial charge >= 0.3 is 6.16 Å². The van der Waals surface area contributed by atoms with E-state index in [4.69, 9.17) is 30.4 Å². The molecule has 234 valence electrons. The van der Waals surface area contributed by atoms with Crippen LogP contribution in [-0.2, 0) is 6.42 Å². The SMILES string of the molecule is COc1cc(Cc2cnc(N)nc2N)cc(C#Cc2c(F)cc3c(=O)c(OC(=O)O)cn(C4CCCCC4)c3c2OC)c1OC. The molecule has 2 aromatic carbocycles. The fourth-order valence-corrected chi connectivity index (χ4v) is 5.69. The normalized spacial score (nSPS) is 13.2. The number of nitrogens with zero attached hydrogens (tertiary/aromatic N) is 3. The monoisotopic (exact) mass is 617 g/mol. The molecule has 45 heavy (non-hydrogen) atoms. The van der Waals surface area contributed by atoms with Crippen molar-refractivity contribution in [3.63, 3.8) is 0 Å². The van der Waals surface area contributed by atoms with Crippen LogP contribution < -0.4 is 35.8 Å². The summed E-state index contributed by atoms with van der Waals surface area (Å²) in [4.78, 5) is 32.6. The van der Waals surface area contributed by atoms with Crippen molar-refractivity contribution in [3.8, 4) is 34.8 Å². The van der Waals surface area contributed by atoms with Gasteiger partial charge in [-0.1, -0.05) is 31.1 Å². The van der Waals surface area contributed by atoms with Crippen molar-refractivity contribution < 1.29 is 33.2 Å². The van der Waals surface area contributed by atoms with Crippen molar-refractivity contribution in [1.29, 1.82) is 0 Å². The van der Waals surface area contributed by atoms with Gasteiger partial charge in [0.15, 0.2) is 23.0 Å². The molecule has 5 N–H and O–H groups in total. The van der Waals surface area contributed by atoms with E-state index in [0.717, 1.165) is 43.7 Å². The predicted molar refractivity (Wildman–Crippen MR) is 165 cm³/mol. The van der Waals surface area contributed by atoms with Gasteiger partial charge in [-0.05, 0) is 36.6 Å². The Hall–Kier alpha value is -5.51. The number of carbonyl (C=O) groups is 1. The second-order valence-corrected chi connectivity index (χ2v) is 10.5. The number of methoxy groups -OCH3 is 3. The lowest BCUT2D eigenvalue weighted by Crippen LogP contribution is -2.21. The van der Waals surface area contributed by atoms with E-state index in [0.29, 0.717) is 34.6 Å². The Kier molecular flexibility index (Phi) is 8.94. The van der Waals surface area contributed by atoms with Crippen LogP contribution in [0.1, 0.15) is 60.4 Å². The quantitative estimate of drug-likeness (QED) is 0.194. The summed E-state index contributed by atoms with van der Waals surface area (Å²) in [5.74, 6) is 5.66. The van der Waals surface area contributed by atoms with E-state index < -0.39 is 23.2 Å². The summed E-state index contributed by atoms with van der Waals surface area (Å²) in [6, 6.07) is 4.46. The van der Waals surface area contributed by atoms with Crippen LogP contribution in [0.3, 0.4) is 0 Å². The first-order valence-electron chi connectivity index (χ1n) is 14.1. The van der Waals surface area contributed by atoms with E-state index in [1.165, 1.54) is 33.7 Å². The molecule has 1 aliphatic carbocycles. The Morgan fingerprint density at radius 2 is 1.78 bits per heavy atom. The van der Waals surface area contributed by atoms with Crippen LogP contribution in [0.25, 0.3) is 10.9 Å². The van der Waals surface area contributed by atoms with E-state index in [1.54, 1.807) is 16.7 Å². The number of hydrogen-bond donors (Lipinski definition) is 3. The first kappa shape index (κ1) is 30.9. The molecule has 0 unspecified atom stereocenters. The molecule has 0 spiro atoms. The van der Waals surface area contributed by atoms with Crippen molar-refractivity contribution in [3.05, 3.63) is 68.9 Å². The molecule has 0 amide bonds. The summed E-state index contributed by atoms with van der Waals surface area (Å²) in [5.41, 5.74) is 12.9. The van der Waals surface area contributed by atoms with Crippen molar-refractivity contribution in [2.45, 2.75) is 44.6 Å². The van der Waals surface area contributed by atoms with Crippen LogP contribution in [0.4, 0.5) is 21.0 Å². The average molecular weight is 618 g/mol. The predicted octanol–water partition coefficient (Wildman–Crippen LogP) is 4.67. The summed E-state index contributed by atoms with van der Waals surface area (Å²) in [6.07, 6.45) is 6.06. The molecule has 2 heterocycles. The lowest BCUT2D eigenvalue weighted by atomic mass is 9.94. The molecule has 0 atom stereocenters. The summed E-state index contributed by atoms with van der Waals surface area (Å²) in [7, 11) is 4.31. The maximum Gasteiger partial charge on any atom is 0.511 e. The smallest absolute Gasteiger partial charge is 0.493 e. The molecule has 12 nitrogen and oxygen atoms in total. The van der Waals surface area contributed by atoms with Crippen LogP contribution in [0.2, 0.25) is 0 Å². The highest BCUT2D eigenvalue weighted by Gasteiger charge is 2.25. The van der Waals surface area contributed by atoms with Gasteiger partial charge in [-0.3, -0.25) is 4.79 Å². The maximum atomic E-state index is 15.8. The van der Waals surface area contributed by atoms with Gasteiger partial charge in [0.2, 0.25) is 11.4 Å². The Balaban J connectivity index is 1.69. The number of hydrogen-bond acceptors (Lipinski definition) is 10. The van der Waals surface area contributed by atoms with E-state index in [9.17, 15) is 14.7 Å². The standard InChI is InChI=1S/C32H32FN5O7/c1-42-24-13-17(12-19-15-36-31(35)37-30(19)34)11-18(28(24)43-2)9-10-21-23(33)14-22-26(29(21)44-3)38(20-7-5-4-6-8-20)16-25(27(22)39)45-32(40)41/h11,13-16,20H,4-8,12H2,1-3H3,(H,40,41)(H4,34,35,36,37). The highest BCUT2D eigenvalue weighted by molar-refractivity contribution is 5.89. The molecule has 0 radical (unpaired) electrons. The van der Waals surface area contributed by atoms with Crippen LogP contribution in [-0.4, -0.2) is 47.1 Å². The molecule has 5 rings (SSSR count). The minimum absolute atomic E-state index is 0.0379. The lowest BCUT2D eigenvalue weighted by molar-refractivity contribution is 0.143. The Labute approximate surface area is 257 Å². The molecular formula is C32H32FN5O7.